The minimum atomic E-state index is -0.0649. The van der Waals surface area contributed by atoms with Gasteiger partial charge in [0.05, 0.1) is 6.10 Å². The largest absolute Gasteiger partial charge is 0.393 e. The van der Waals surface area contributed by atoms with Crippen molar-refractivity contribution < 1.29 is 5.11 Å². The van der Waals surface area contributed by atoms with Gasteiger partial charge in [0.2, 0.25) is 0 Å². The van der Waals surface area contributed by atoms with Gasteiger partial charge >= 0.3 is 0 Å². The lowest BCUT2D eigenvalue weighted by Gasteiger charge is -2.12. The first-order valence-electron chi connectivity index (χ1n) is 5.07. The monoisotopic (exact) mass is 173 g/mol. The number of rotatable bonds is 0. The molecule has 2 heteroatoms. The fraction of sp³-hybridized carbons (Fsp3) is 1.00. The van der Waals surface area contributed by atoms with E-state index in [0.29, 0.717) is 5.92 Å². The zero-order valence-electron chi connectivity index (χ0n) is 8.88. The van der Waals surface area contributed by atoms with Crippen LogP contribution in [-0.2, 0) is 0 Å². The molecule has 0 aromatic rings. The second-order valence-corrected chi connectivity index (χ2v) is 3.43. The molecule has 1 N–H and O–H groups in total. The molecule has 0 radical (unpaired) electrons. The zero-order chi connectivity index (χ0) is 9.56. The van der Waals surface area contributed by atoms with Crippen molar-refractivity contribution in [1.82, 2.24) is 4.90 Å². The van der Waals surface area contributed by atoms with E-state index in [1.54, 1.807) is 0 Å². The topological polar surface area (TPSA) is 23.5 Å². The minimum absolute atomic E-state index is 0.0649. The van der Waals surface area contributed by atoms with Gasteiger partial charge in [0.15, 0.2) is 0 Å². The normalized spacial score (nSPS) is 31.8. The van der Waals surface area contributed by atoms with Crippen molar-refractivity contribution in [2.45, 2.75) is 39.7 Å². The van der Waals surface area contributed by atoms with Crippen molar-refractivity contribution in [2.75, 3.05) is 20.1 Å². The second-order valence-electron chi connectivity index (χ2n) is 3.43. The highest BCUT2D eigenvalue weighted by Gasteiger charge is 2.18. The Morgan fingerprint density at radius 1 is 1.17 bits per heavy atom. The Kier molecular flexibility index (Phi) is 6.39. The molecule has 1 saturated heterocycles. The molecule has 1 fully saturated rings. The molecule has 0 spiro atoms. The fourth-order valence-electron chi connectivity index (χ4n) is 1.37. The van der Waals surface area contributed by atoms with Crippen molar-refractivity contribution >= 4 is 0 Å². The van der Waals surface area contributed by atoms with Crippen LogP contribution in [0.4, 0.5) is 0 Å². The van der Waals surface area contributed by atoms with Crippen LogP contribution >= 0.6 is 0 Å². The summed E-state index contributed by atoms with van der Waals surface area (Å²) < 4.78 is 0. The second kappa shape index (κ2) is 6.44. The number of nitrogens with zero attached hydrogens (tertiary/aromatic N) is 1. The average molecular weight is 173 g/mol. The highest BCUT2D eigenvalue weighted by atomic mass is 16.3. The van der Waals surface area contributed by atoms with Gasteiger partial charge in [-0.05, 0) is 32.4 Å². The molecule has 0 aromatic carbocycles. The van der Waals surface area contributed by atoms with Gasteiger partial charge in [-0.1, -0.05) is 20.8 Å². The summed E-state index contributed by atoms with van der Waals surface area (Å²) in [7, 11) is 2.12. The van der Waals surface area contributed by atoms with E-state index in [0.717, 1.165) is 25.9 Å². The Morgan fingerprint density at radius 2 is 1.67 bits per heavy atom. The van der Waals surface area contributed by atoms with Gasteiger partial charge in [0, 0.05) is 6.54 Å². The van der Waals surface area contributed by atoms with Crippen LogP contribution in [0.3, 0.4) is 0 Å². The highest BCUT2D eigenvalue weighted by molar-refractivity contribution is 4.71. The van der Waals surface area contributed by atoms with Gasteiger partial charge in [0.1, 0.15) is 0 Å². The van der Waals surface area contributed by atoms with Gasteiger partial charge < -0.3 is 10.0 Å². The van der Waals surface area contributed by atoms with E-state index in [4.69, 9.17) is 0 Å². The highest BCUT2D eigenvalue weighted by Crippen LogP contribution is 2.15. The van der Waals surface area contributed by atoms with Crippen molar-refractivity contribution in [3.63, 3.8) is 0 Å². The molecule has 0 bridgehead atoms. The Labute approximate surface area is 76.6 Å². The minimum Gasteiger partial charge on any atom is -0.393 e. The van der Waals surface area contributed by atoms with Gasteiger partial charge in [-0.2, -0.15) is 0 Å². The molecule has 0 saturated carbocycles. The summed E-state index contributed by atoms with van der Waals surface area (Å²) in [6.45, 7) is 8.31. The molecule has 1 aliphatic heterocycles. The van der Waals surface area contributed by atoms with Crippen LogP contribution in [-0.4, -0.2) is 36.2 Å². The Morgan fingerprint density at radius 3 is 2.25 bits per heavy atom. The Hall–Kier alpha value is -0.0800. The molecule has 2 atom stereocenters. The molecule has 1 heterocycles. The van der Waals surface area contributed by atoms with Crippen molar-refractivity contribution in [2.24, 2.45) is 5.92 Å². The van der Waals surface area contributed by atoms with Crippen LogP contribution in [0.2, 0.25) is 0 Å². The molecular formula is C10H23NO. The fourth-order valence-corrected chi connectivity index (χ4v) is 1.37. The maximum absolute atomic E-state index is 9.45. The van der Waals surface area contributed by atoms with Crippen LogP contribution in [0.5, 0.6) is 0 Å². The van der Waals surface area contributed by atoms with E-state index in [9.17, 15) is 5.11 Å². The number of aliphatic hydroxyl groups excluding tert-OH is 1. The first-order chi connectivity index (χ1) is 5.70. The lowest BCUT2D eigenvalue weighted by Crippen LogP contribution is -2.19. The molecule has 0 aliphatic carbocycles. The molecule has 0 aromatic heterocycles. The number of hydrogen-bond donors (Lipinski definition) is 1. The third kappa shape index (κ3) is 4.07. The summed E-state index contributed by atoms with van der Waals surface area (Å²) in [5.41, 5.74) is 0. The molecule has 1 rings (SSSR count). The molecule has 74 valence electrons. The standard InChI is InChI=1S/C8H17NO.C2H6/c1-7-3-5-9(2)6-4-8(7)10;1-2/h7-8,10H,3-6H2,1-2H3;1-2H3/t7-,8-;/m1./s1. The zero-order valence-corrected chi connectivity index (χ0v) is 8.88. The molecule has 1 aliphatic rings. The van der Waals surface area contributed by atoms with Crippen molar-refractivity contribution in [1.29, 1.82) is 0 Å². The van der Waals surface area contributed by atoms with Crippen LogP contribution in [0.25, 0.3) is 0 Å². The third-order valence-corrected chi connectivity index (χ3v) is 2.43. The van der Waals surface area contributed by atoms with E-state index in [1.165, 1.54) is 0 Å². The number of aliphatic hydroxyl groups is 1. The van der Waals surface area contributed by atoms with E-state index >= 15 is 0 Å². The smallest absolute Gasteiger partial charge is 0.0578 e. The summed E-state index contributed by atoms with van der Waals surface area (Å²) in [5, 5.41) is 9.45. The summed E-state index contributed by atoms with van der Waals surface area (Å²) in [5.74, 6) is 0.491. The summed E-state index contributed by atoms with van der Waals surface area (Å²) in [6, 6.07) is 0. The van der Waals surface area contributed by atoms with Crippen molar-refractivity contribution in [3.8, 4) is 0 Å². The summed E-state index contributed by atoms with van der Waals surface area (Å²) in [4.78, 5) is 2.28. The maximum Gasteiger partial charge on any atom is 0.0578 e. The van der Waals surface area contributed by atoms with Gasteiger partial charge in [-0.25, -0.2) is 0 Å². The molecule has 0 unspecified atom stereocenters. The Bertz CT molecular complexity index is 94.0. The predicted octanol–water partition coefficient (Wildman–Crippen LogP) is 1.74. The molecule has 0 amide bonds. The van der Waals surface area contributed by atoms with E-state index in [2.05, 4.69) is 18.9 Å². The predicted molar refractivity (Wildman–Crippen MR) is 53.2 cm³/mol. The lowest BCUT2D eigenvalue weighted by molar-refractivity contribution is 0.113. The average Bonchev–Trinajstić information content (AvgIpc) is 2.24. The van der Waals surface area contributed by atoms with Gasteiger partial charge in [-0.15, -0.1) is 0 Å². The first-order valence-corrected chi connectivity index (χ1v) is 5.07. The van der Waals surface area contributed by atoms with Crippen LogP contribution in [0, 0.1) is 5.92 Å². The number of hydrogen-bond acceptors (Lipinski definition) is 2. The van der Waals surface area contributed by atoms with E-state index in [-0.39, 0.29) is 6.10 Å². The van der Waals surface area contributed by atoms with Crippen LogP contribution < -0.4 is 0 Å². The number of likely N-dealkylation sites (tertiary alicyclic amines) is 1. The molecule has 12 heavy (non-hydrogen) atoms. The van der Waals surface area contributed by atoms with E-state index in [1.807, 2.05) is 13.8 Å². The lowest BCUT2D eigenvalue weighted by atomic mass is 10.0. The first kappa shape index (κ1) is 11.9. The quantitative estimate of drug-likeness (QED) is 0.603. The Balaban J connectivity index is 0.000000561. The van der Waals surface area contributed by atoms with Gasteiger partial charge in [0.25, 0.3) is 0 Å². The maximum atomic E-state index is 9.45. The van der Waals surface area contributed by atoms with E-state index < -0.39 is 0 Å². The SMILES string of the molecule is CC.C[C@@H]1CCN(C)CC[C@H]1O. The summed E-state index contributed by atoms with van der Waals surface area (Å²) in [6.07, 6.45) is 2.01. The van der Waals surface area contributed by atoms with Crippen LogP contribution in [0.15, 0.2) is 0 Å². The van der Waals surface area contributed by atoms with Crippen LogP contribution in [0.1, 0.15) is 33.6 Å². The molecular weight excluding hydrogens is 150 g/mol. The summed E-state index contributed by atoms with van der Waals surface area (Å²) >= 11 is 0. The van der Waals surface area contributed by atoms with Crippen molar-refractivity contribution in [3.05, 3.63) is 0 Å². The molecule has 2 nitrogen and oxygen atoms in total. The third-order valence-electron chi connectivity index (χ3n) is 2.43. The van der Waals surface area contributed by atoms with Gasteiger partial charge in [-0.3, -0.25) is 0 Å².